The molecule has 0 aliphatic carbocycles. The maximum absolute atomic E-state index is 13.9. The van der Waals surface area contributed by atoms with Gasteiger partial charge in [-0.3, -0.25) is 4.79 Å². The molecule has 152 valence electrons. The fourth-order valence-corrected chi connectivity index (χ4v) is 3.45. The molecule has 0 atom stereocenters. The molecule has 31 heavy (non-hydrogen) atoms. The second-order valence-corrected chi connectivity index (χ2v) is 7.00. The first-order valence-electron chi connectivity index (χ1n) is 9.55. The number of hydrogen-bond donors (Lipinski definition) is 0. The van der Waals surface area contributed by atoms with Crippen molar-refractivity contribution in [2.24, 2.45) is 0 Å². The minimum absolute atomic E-state index is 0.0661. The Morgan fingerprint density at radius 1 is 0.839 bits per heavy atom. The Labute approximate surface area is 175 Å². The van der Waals surface area contributed by atoms with E-state index >= 15 is 0 Å². The zero-order chi connectivity index (χ0) is 21.4. The minimum Gasteiger partial charge on any atom is -0.444 e. The highest BCUT2D eigenvalue weighted by molar-refractivity contribution is 5.93. The van der Waals surface area contributed by atoms with Crippen LogP contribution in [-0.4, -0.2) is 14.8 Å². The maximum Gasteiger partial charge on any atom is 0.275 e. The van der Waals surface area contributed by atoms with Gasteiger partial charge in [0, 0.05) is 16.5 Å². The molecule has 0 N–H and O–H groups in total. The van der Waals surface area contributed by atoms with Gasteiger partial charge < -0.3 is 4.42 Å². The quantitative estimate of drug-likeness (QED) is 0.412. The van der Waals surface area contributed by atoms with Gasteiger partial charge in [-0.05, 0) is 36.4 Å². The van der Waals surface area contributed by atoms with Crippen LogP contribution in [0.1, 0.15) is 5.69 Å². The summed E-state index contributed by atoms with van der Waals surface area (Å²) >= 11 is 0. The first kappa shape index (κ1) is 18.9. The molecule has 0 bridgehead atoms. The topological polar surface area (TPSA) is 60.9 Å². The van der Waals surface area contributed by atoms with Gasteiger partial charge in [-0.1, -0.05) is 36.4 Å². The summed E-state index contributed by atoms with van der Waals surface area (Å²) in [6.07, 6.45) is 1.48. The molecule has 0 aliphatic heterocycles. The molecule has 5 aromatic rings. The Kier molecular flexibility index (Phi) is 4.63. The van der Waals surface area contributed by atoms with Crippen LogP contribution in [0.25, 0.3) is 33.5 Å². The monoisotopic (exact) mass is 415 g/mol. The smallest absolute Gasteiger partial charge is 0.275 e. The van der Waals surface area contributed by atoms with Crippen molar-refractivity contribution >= 4 is 10.8 Å². The molecule has 0 saturated heterocycles. The molecule has 2 heterocycles. The lowest BCUT2D eigenvalue weighted by Crippen LogP contribution is -2.24. The number of oxazole rings is 1. The van der Waals surface area contributed by atoms with E-state index in [1.165, 1.54) is 17.0 Å². The third-order valence-corrected chi connectivity index (χ3v) is 4.95. The summed E-state index contributed by atoms with van der Waals surface area (Å²) in [7, 11) is 0. The van der Waals surface area contributed by atoms with Gasteiger partial charge >= 0.3 is 0 Å². The van der Waals surface area contributed by atoms with Crippen molar-refractivity contribution in [2.75, 3.05) is 0 Å². The van der Waals surface area contributed by atoms with Gasteiger partial charge in [0.25, 0.3) is 5.56 Å². The number of nitrogens with zero attached hydrogens (tertiary/aromatic N) is 3. The third-order valence-electron chi connectivity index (χ3n) is 4.95. The molecule has 0 fully saturated rings. The van der Waals surface area contributed by atoms with Crippen molar-refractivity contribution in [2.45, 2.75) is 6.54 Å². The van der Waals surface area contributed by atoms with Crippen LogP contribution in [0.15, 0.2) is 88.3 Å². The predicted molar refractivity (Wildman–Crippen MR) is 112 cm³/mol. The van der Waals surface area contributed by atoms with Crippen LogP contribution in [0.5, 0.6) is 0 Å². The number of hydrogen-bond acceptors (Lipinski definition) is 4. The van der Waals surface area contributed by atoms with Crippen molar-refractivity contribution in [1.29, 1.82) is 0 Å². The van der Waals surface area contributed by atoms with Gasteiger partial charge in [0.1, 0.15) is 12.0 Å². The van der Waals surface area contributed by atoms with Crippen LogP contribution < -0.4 is 5.56 Å². The zero-order valence-electron chi connectivity index (χ0n) is 16.1. The van der Waals surface area contributed by atoms with Crippen LogP contribution in [0.2, 0.25) is 0 Å². The SMILES string of the molecule is O=c1c2ccccc2c(-c2ccc(F)c(F)c2)nn1Cc1coc(-c2ccccc2)n1. The van der Waals surface area contributed by atoms with Gasteiger partial charge in [-0.25, -0.2) is 18.4 Å². The number of benzene rings is 3. The molecule has 2 aromatic heterocycles. The highest BCUT2D eigenvalue weighted by atomic mass is 19.2. The fourth-order valence-electron chi connectivity index (χ4n) is 3.45. The van der Waals surface area contributed by atoms with Gasteiger partial charge in [-0.15, -0.1) is 0 Å². The van der Waals surface area contributed by atoms with E-state index in [0.717, 1.165) is 17.7 Å². The first-order valence-corrected chi connectivity index (χ1v) is 9.55. The van der Waals surface area contributed by atoms with Crippen molar-refractivity contribution in [3.8, 4) is 22.7 Å². The van der Waals surface area contributed by atoms with Gasteiger partial charge in [0.15, 0.2) is 11.6 Å². The Hall–Kier alpha value is -4.13. The number of rotatable bonds is 4. The van der Waals surface area contributed by atoms with E-state index in [4.69, 9.17) is 4.42 Å². The first-order chi connectivity index (χ1) is 15.1. The van der Waals surface area contributed by atoms with E-state index in [-0.39, 0.29) is 12.1 Å². The maximum atomic E-state index is 13.9. The van der Waals surface area contributed by atoms with E-state index in [0.29, 0.717) is 33.6 Å². The second-order valence-electron chi connectivity index (χ2n) is 7.00. The Morgan fingerprint density at radius 3 is 2.35 bits per heavy atom. The van der Waals surface area contributed by atoms with Crippen molar-refractivity contribution in [1.82, 2.24) is 14.8 Å². The molecule has 0 saturated carbocycles. The molecule has 0 aliphatic rings. The molecular weight excluding hydrogens is 400 g/mol. The highest BCUT2D eigenvalue weighted by Gasteiger charge is 2.15. The van der Waals surface area contributed by atoms with Gasteiger partial charge in [-0.2, -0.15) is 5.10 Å². The summed E-state index contributed by atoms with van der Waals surface area (Å²) in [4.78, 5) is 17.5. The summed E-state index contributed by atoms with van der Waals surface area (Å²) in [5.41, 5.74) is 1.76. The average Bonchev–Trinajstić information content (AvgIpc) is 3.27. The Morgan fingerprint density at radius 2 is 1.58 bits per heavy atom. The lowest BCUT2D eigenvalue weighted by Gasteiger charge is -2.10. The van der Waals surface area contributed by atoms with Crippen LogP contribution >= 0.6 is 0 Å². The van der Waals surface area contributed by atoms with Crippen molar-refractivity contribution in [3.05, 3.63) is 107 Å². The van der Waals surface area contributed by atoms with Crippen LogP contribution in [-0.2, 0) is 6.54 Å². The number of fused-ring (bicyclic) bond motifs is 1. The van der Waals surface area contributed by atoms with E-state index in [2.05, 4.69) is 10.1 Å². The van der Waals surface area contributed by atoms with Crippen LogP contribution in [0.4, 0.5) is 8.78 Å². The Bertz CT molecular complexity index is 1460. The Balaban J connectivity index is 1.61. The molecule has 3 aromatic carbocycles. The van der Waals surface area contributed by atoms with Crippen LogP contribution in [0.3, 0.4) is 0 Å². The third kappa shape index (κ3) is 3.50. The molecule has 5 nitrogen and oxygen atoms in total. The summed E-state index contributed by atoms with van der Waals surface area (Å²) in [6, 6.07) is 19.9. The molecule has 0 unspecified atom stereocenters. The number of aromatic nitrogens is 3. The van der Waals surface area contributed by atoms with Gasteiger partial charge in [0.05, 0.1) is 17.6 Å². The summed E-state index contributed by atoms with van der Waals surface area (Å²) in [5, 5.41) is 5.43. The fraction of sp³-hybridized carbons (Fsp3) is 0.0417. The highest BCUT2D eigenvalue weighted by Crippen LogP contribution is 2.26. The van der Waals surface area contributed by atoms with Crippen LogP contribution in [0, 0.1) is 11.6 Å². The lowest BCUT2D eigenvalue weighted by molar-refractivity contribution is 0.509. The lowest BCUT2D eigenvalue weighted by atomic mass is 10.0. The molecule has 7 heteroatoms. The van der Waals surface area contributed by atoms with E-state index in [1.807, 2.05) is 30.3 Å². The van der Waals surface area contributed by atoms with Crippen molar-refractivity contribution in [3.63, 3.8) is 0 Å². The van der Waals surface area contributed by atoms with Crippen molar-refractivity contribution < 1.29 is 13.2 Å². The largest absolute Gasteiger partial charge is 0.444 e. The second kappa shape index (κ2) is 7.60. The zero-order valence-corrected chi connectivity index (χ0v) is 16.1. The predicted octanol–water partition coefficient (Wildman–Crippen LogP) is 5.05. The van der Waals surface area contributed by atoms with E-state index in [1.54, 1.807) is 24.3 Å². The molecular formula is C24H15F2N3O2. The molecule has 0 radical (unpaired) electrons. The molecule has 0 amide bonds. The molecule has 0 spiro atoms. The average molecular weight is 415 g/mol. The minimum atomic E-state index is -0.981. The number of halogens is 2. The van der Waals surface area contributed by atoms with Gasteiger partial charge in [0.2, 0.25) is 5.89 Å². The normalized spacial score (nSPS) is 11.2. The standard InChI is InChI=1S/C24H15F2N3O2/c25-20-11-10-16(12-21(20)26)22-18-8-4-5-9-19(18)24(30)29(28-22)13-17-14-31-23(27-17)15-6-2-1-3-7-15/h1-12,14H,13H2. The molecule has 5 rings (SSSR count). The van der Waals surface area contributed by atoms with E-state index < -0.39 is 11.6 Å². The van der Waals surface area contributed by atoms with E-state index in [9.17, 15) is 13.6 Å². The summed E-state index contributed by atoms with van der Waals surface area (Å²) < 4.78 is 34.1. The summed E-state index contributed by atoms with van der Waals surface area (Å²) in [6.45, 7) is 0.0661. The summed E-state index contributed by atoms with van der Waals surface area (Å²) in [5.74, 6) is -1.49.